The monoisotopic (exact) mass is 527 g/mol. The van der Waals surface area contributed by atoms with E-state index in [0.29, 0.717) is 11.4 Å². The predicted octanol–water partition coefficient (Wildman–Crippen LogP) is 5.07. The Kier molecular flexibility index (Phi) is 7.34. The lowest BCUT2D eigenvalue weighted by Crippen LogP contribution is -2.26. The summed E-state index contributed by atoms with van der Waals surface area (Å²) in [5.41, 5.74) is 3.09. The fourth-order valence-electron chi connectivity index (χ4n) is 3.59. The summed E-state index contributed by atoms with van der Waals surface area (Å²) in [5, 5.41) is 3.71. The first-order chi connectivity index (χ1) is 16.7. The lowest BCUT2D eigenvalue weighted by Gasteiger charge is -2.20. The average Bonchev–Trinajstić information content (AvgIpc) is 3.43. The minimum atomic E-state index is -3.74. The Hall–Kier alpha value is -3.08. The van der Waals surface area contributed by atoms with Crippen molar-refractivity contribution in [2.45, 2.75) is 31.6 Å². The highest BCUT2D eigenvalue weighted by Gasteiger charge is 2.21. The van der Waals surface area contributed by atoms with Crippen LogP contribution in [0.5, 0.6) is 5.75 Å². The average molecular weight is 528 g/mol. The van der Waals surface area contributed by atoms with Gasteiger partial charge in [-0.2, -0.15) is 0 Å². The van der Waals surface area contributed by atoms with Crippen LogP contribution in [-0.4, -0.2) is 38.3 Å². The molecule has 0 saturated heterocycles. The highest BCUT2D eigenvalue weighted by molar-refractivity contribution is 7.92. The zero-order valence-corrected chi connectivity index (χ0v) is 22.3. The van der Waals surface area contributed by atoms with Gasteiger partial charge in [-0.1, -0.05) is 12.1 Å². The number of carbonyl (C=O) groups is 1. The molecule has 0 aliphatic heterocycles. The number of ketones is 1. The highest BCUT2D eigenvalue weighted by Crippen LogP contribution is 2.31. The van der Waals surface area contributed by atoms with E-state index in [9.17, 15) is 13.2 Å². The van der Waals surface area contributed by atoms with E-state index in [1.807, 2.05) is 19.2 Å². The molecule has 182 valence electrons. The quantitative estimate of drug-likeness (QED) is 0.302. The number of methoxy groups -OCH3 is 1. The molecule has 0 saturated carbocycles. The van der Waals surface area contributed by atoms with E-state index in [4.69, 9.17) is 4.74 Å². The Bertz CT molecular complexity index is 1440. The number of rotatable bonds is 9. The van der Waals surface area contributed by atoms with Gasteiger partial charge in [-0.25, -0.2) is 18.4 Å². The maximum Gasteiger partial charge on any atom is 0.264 e. The van der Waals surface area contributed by atoms with Crippen LogP contribution >= 0.6 is 22.7 Å². The minimum Gasteiger partial charge on any atom is -0.497 e. The Labute approximate surface area is 213 Å². The number of sulfonamides is 1. The first-order valence-corrected chi connectivity index (χ1v) is 13.9. The van der Waals surface area contributed by atoms with Crippen LogP contribution in [0.4, 0.5) is 5.69 Å². The number of anilines is 1. The van der Waals surface area contributed by atoms with Gasteiger partial charge in [0.25, 0.3) is 10.0 Å². The summed E-state index contributed by atoms with van der Waals surface area (Å²) in [5.74, 6) is 0.672. The lowest BCUT2D eigenvalue weighted by atomic mass is 10.1. The molecule has 0 bridgehead atoms. The number of thiazole rings is 2. The van der Waals surface area contributed by atoms with Gasteiger partial charge in [0, 0.05) is 18.8 Å². The van der Waals surface area contributed by atoms with Crippen molar-refractivity contribution in [3.63, 3.8) is 0 Å². The van der Waals surface area contributed by atoms with Crippen molar-refractivity contribution in [3.05, 3.63) is 75.2 Å². The van der Waals surface area contributed by atoms with Crippen LogP contribution in [-0.2, 0) is 27.7 Å². The van der Waals surface area contributed by atoms with Gasteiger partial charge in [-0.3, -0.25) is 9.10 Å². The topological polar surface area (TPSA) is 89.5 Å². The highest BCUT2D eigenvalue weighted by atomic mass is 32.2. The number of hydrogen-bond donors (Lipinski definition) is 0. The molecule has 0 N–H and O–H groups in total. The largest absolute Gasteiger partial charge is 0.497 e. The number of benzene rings is 2. The van der Waals surface area contributed by atoms with Gasteiger partial charge in [0.05, 0.1) is 45.4 Å². The molecule has 2 aromatic heterocycles. The summed E-state index contributed by atoms with van der Waals surface area (Å²) in [6.45, 7) is 3.92. The third-order valence-electron chi connectivity index (χ3n) is 5.46. The van der Waals surface area contributed by atoms with Crippen LogP contribution < -0.4 is 9.04 Å². The molecule has 0 radical (unpaired) electrons. The van der Waals surface area contributed by atoms with Crippen LogP contribution in [0, 0.1) is 13.8 Å². The normalized spacial score (nSPS) is 11.4. The number of hydrogen-bond acceptors (Lipinski definition) is 8. The molecule has 7 nitrogen and oxygen atoms in total. The molecule has 35 heavy (non-hydrogen) atoms. The van der Waals surface area contributed by atoms with Crippen LogP contribution in [0.25, 0.3) is 10.6 Å². The molecule has 4 aromatic rings. The van der Waals surface area contributed by atoms with Crippen molar-refractivity contribution in [3.8, 4) is 16.3 Å². The number of Topliss-reactive ketones (excluding diaryl/α,β-unsaturated/α-hetero) is 1. The molecule has 4 rings (SSSR count). The molecule has 2 aromatic carbocycles. The molecule has 2 heterocycles. The van der Waals surface area contributed by atoms with Crippen molar-refractivity contribution >= 4 is 44.2 Å². The predicted molar refractivity (Wildman–Crippen MR) is 140 cm³/mol. The zero-order chi connectivity index (χ0) is 25.2. The van der Waals surface area contributed by atoms with Crippen molar-refractivity contribution in [1.29, 1.82) is 0 Å². The van der Waals surface area contributed by atoms with E-state index in [1.54, 1.807) is 54.8 Å². The molecular formula is C25H25N3O4S3. The third-order valence-corrected chi connectivity index (χ3v) is 9.20. The summed E-state index contributed by atoms with van der Waals surface area (Å²) in [4.78, 5) is 22.9. The van der Waals surface area contributed by atoms with Crippen molar-refractivity contribution < 1.29 is 17.9 Å². The van der Waals surface area contributed by atoms with Crippen molar-refractivity contribution in [2.24, 2.45) is 0 Å². The SMILES string of the molecule is COc1ccc(N(C)S(=O)(=O)c2ccc(CC(=O)Cc3nc(-c4sc(C)nc4C)cs3)cc2)cc1. The van der Waals surface area contributed by atoms with Crippen LogP contribution in [0.2, 0.25) is 0 Å². The van der Waals surface area contributed by atoms with Gasteiger partial charge in [-0.15, -0.1) is 22.7 Å². The van der Waals surface area contributed by atoms with Crippen molar-refractivity contribution in [2.75, 3.05) is 18.5 Å². The number of nitrogens with zero attached hydrogens (tertiary/aromatic N) is 3. The maximum absolute atomic E-state index is 13.0. The van der Waals surface area contributed by atoms with E-state index in [0.717, 1.165) is 31.8 Å². The van der Waals surface area contributed by atoms with E-state index in [-0.39, 0.29) is 23.5 Å². The molecule has 0 unspecified atom stereocenters. The van der Waals surface area contributed by atoms with Gasteiger partial charge in [0.15, 0.2) is 0 Å². The van der Waals surface area contributed by atoms with Crippen LogP contribution in [0.3, 0.4) is 0 Å². The fourth-order valence-corrected chi connectivity index (χ4v) is 6.56. The number of aromatic nitrogens is 2. The smallest absolute Gasteiger partial charge is 0.264 e. The second-order valence-electron chi connectivity index (χ2n) is 7.98. The third kappa shape index (κ3) is 5.61. The van der Waals surface area contributed by atoms with Gasteiger partial charge >= 0.3 is 0 Å². The van der Waals surface area contributed by atoms with Crippen molar-refractivity contribution in [1.82, 2.24) is 9.97 Å². The molecule has 0 aliphatic carbocycles. The van der Waals surface area contributed by atoms with Gasteiger partial charge in [-0.05, 0) is 55.8 Å². The summed E-state index contributed by atoms with van der Waals surface area (Å²) < 4.78 is 32.4. The summed E-state index contributed by atoms with van der Waals surface area (Å²) in [6.07, 6.45) is 0.448. The Morgan fingerprint density at radius 2 is 1.69 bits per heavy atom. The molecule has 0 amide bonds. The Balaban J connectivity index is 1.40. The molecule has 0 atom stereocenters. The molecular weight excluding hydrogens is 502 g/mol. The standard InChI is InChI=1S/C25H25N3O4S3/c1-16-25(34-17(2)26-16)23-15-33-24(27-23)14-20(29)13-18-5-11-22(12-6-18)35(30,31)28(3)19-7-9-21(32-4)10-8-19/h5-12,15H,13-14H2,1-4H3. The Morgan fingerprint density at radius 3 is 2.29 bits per heavy atom. The lowest BCUT2D eigenvalue weighted by molar-refractivity contribution is -0.117. The van der Waals surface area contributed by atoms with E-state index < -0.39 is 10.0 Å². The van der Waals surface area contributed by atoms with Crippen LogP contribution in [0.1, 0.15) is 21.3 Å². The van der Waals surface area contributed by atoms with E-state index >= 15 is 0 Å². The Morgan fingerprint density at radius 1 is 1.00 bits per heavy atom. The maximum atomic E-state index is 13.0. The molecule has 0 fully saturated rings. The second kappa shape index (κ2) is 10.3. The van der Waals surface area contributed by atoms with Crippen LogP contribution in [0.15, 0.2) is 58.8 Å². The van der Waals surface area contributed by atoms with Gasteiger partial charge in [0.1, 0.15) is 16.5 Å². The molecule has 10 heteroatoms. The summed E-state index contributed by atoms with van der Waals surface area (Å²) in [6, 6.07) is 13.2. The number of carbonyl (C=O) groups excluding carboxylic acids is 1. The minimum absolute atomic E-state index is 0.0223. The number of aryl methyl sites for hydroxylation is 2. The first-order valence-electron chi connectivity index (χ1n) is 10.8. The second-order valence-corrected chi connectivity index (χ2v) is 12.1. The zero-order valence-electron chi connectivity index (χ0n) is 19.8. The fraction of sp³-hybridized carbons (Fsp3) is 0.240. The number of ether oxygens (including phenoxy) is 1. The van der Waals surface area contributed by atoms with Gasteiger partial charge in [0.2, 0.25) is 0 Å². The summed E-state index contributed by atoms with van der Waals surface area (Å²) in [7, 11) is -0.674. The van der Waals surface area contributed by atoms with E-state index in [2.05, 4.69) is 9.97 Å². The van der Waals surface area contributed by atoms with Gasteiger partial charge < -0.3 is 4.74 Å². The summed E-state index contributed by atoms with van der Waals surface area (Å²) >= 11 is 3.06. The first kappa shape index (κ1) is 25.0. The molecule has 0 spiro atoms. The van der Waals surface area contributed by atoms with E-state index in [1.165, 1.54) is 34.8 Å². The molecule has 0 aliphatic rings.